The predicted octanol–water partition coefficient (Wildman–Crippen LogP) is 4.24. The molecule has 178 valence electrons. The second-order valence-electron chi connectivity index (χ2n) is 9.07. The first-order valence-electron chi connectivity index (χ1n) is 11.2. The van der Waals surface area contributed by atoms with Crippen LogP contribution in [0.1, 0.15) is 64.1 Å². The summed E-state index contributed by atoms with van der Waals surface area (Å²) in [7, 11) is 0.778. The lowest BCUT2D eigenvalue weighted by molar-refractivity contribution is 0.0503. The zero-order valence-electron chi connectivity index (χ0n) is 20.7. The summed E-state index contributed by atoms with van der Waals surface area (Å²) in [5.74, 6) is 0. The molecule has 0 saturated heterocycles. The predicted molar refractivity (Wildman–Crippen MR) is 132 cm³/mol. The summed E-state index contributed by atoms with van der Waals surface area (Å²) in [6, 6.07) is 8.07. The number of amides is 1. The number of nitrogens with zero attached hydrogens (tertiary/aromatic N) is 3. The molecule has 2 atom stereocenters. The highest BCUT2D eigenvalue weighted by Crippen LogP contribution is 2.23. The highest BCUT2D eigenvalue weighted by Gasteiger charge is 2.21. The number of benzene rings is 1. The minimum Gasteiger partial charge on any atom is -0.444 e. The second kappa shape index (κ2) is 11.0. The van der Waals surface area contributed by atoms with E-state index in [1.165, 1.54) is 16.8 Å². The number of rotatable bonds is 9. The molecular formula is C24H38N4O3S. The van der Waals surface area contributed by atoms with Crippen LogP contribution in [0.2, 0.25) is 0 Å². The first kappa shape index (κ1) is 25.9. The molecule has 0 fully saturated rings. The number of carbonyl (C=O) groups excluding carboxylic acids is 1. The molecule has 1 heterocycles. The van der Waals surface area contributed by atoms with Crippen LogP contribution in [0.15, 0.2) is 24.3 Å². The zero-order valence-corrected chi connectivity index (χ0v) is 21.5. The monoisotopic (exact) mass is 462 g/mol. The third kappa shape index (κ3) is 7.08. The van der Waals surface area contributed by atoms with E-state index in [-0.39, 0.29) is 6.04 Å². The summed E-state index contributed by atoms with van der Waals surface area (Å²) in [4.78, 5) is 12.1. The molecule has 1 unspecified atom stereocenters. The van der Waals surface area contributed by atoms with E-state index in [0.29, 0.717) is 6.54 Å². The molecule has 2 aromatic rings. The maximum atomic E-state index is 12.1. The Hall–Kier alpha value is -2.35. The Morgan fingerprint density at radius 1 is 1.22 bits per heavy atom. The summed E-state index contributed by atoms with van der Waals surface area (Å²) in [6.07, 6.45) is 3.75. The molecule has 1 amide bonds. The summed E-state index contributed by atoms with van der Waals surface area (Å²) in [5, 5.41) is 7.77. The first-order valence-corrected chi connectivity index (χ1v) is 12.7. The SMILES string of the molecule is CCc1nn(C[C@H](C)NC(=O)OC(C)(C)C)c(CC)c1Cc1ccc(N(C)S(C)=O)cc1. The molecule has 0 spiro atoms. The van der Waals surface area contributed by atoms with E-state index in [4.69, 9.17) is 9.84 Å². The minimum atomic E-state index is -1.05. The van der Waals surface area contributed by atoms with Gasteiger partial charge < -0.3 is 10.1 Å². The summed E-state index contributed by atoms with van der Waals surface area (Å²) >= 11 is 0. The van der Waals surface area contributed by atoms with Crippen molar-refractivity contribution < 1.29 is 13.7 Å². The van der Waals surface area contributed by atoms with Crippen LogP contribution < -0.4 is 9.62 Å². The average Bonchev–Trinajstić information content (AvgIpc) is 3.02. The van der Waals surface area contributed by atoms with Crippen molar-refractivity contribution in [3.05, 3.63) is 46.8 Å². The van der Waals surface area contributed by atoms with Gasteiger partial charge >= 0.3 is 6.09 Å². The lowest BCUT2D eigenvalue weighted by Gasteiger charge is -2.22. The van der Waals surface area contributed by atoms with Crippen molar-refractivity contribution in [1.29, 1.82) is 0 Å². The van der Waals surface area contributed by atoms with Crippen LogP contribution in [-0.4, -0.2) is 45.0 Å². The van der Waals surface area contributed by atoms with Gasteiger partial charge in [0.05, 0.1) is 12.2 Å². The van der Waals surface area contributed by atoms with Gasteiger partial charge in [-0.25, -0.2) is 9.00 Å². The molecular weight excluding hydrogens is 424 g/mol. The number of aryl methyl sites for hydroxylation is 1. The fourth-order valence-electron chi connectivity index (χ4n) is 3.61. The largest absolute Gasteiger partial charge is 0.444 e. The Kier molecular flexibility index (Phi) is 8.89. The van der Waals surface area contributed by atoms with Crippen molar-refractivity contribution in [3.63, 3.8) is 0 Å². The van der Waals surface area contributed by atoms with Crippen molar-refractivity contribution in [2.45, 2.75) is 79.0 Å². The Labute approximate surface area is 195 Å². The quantitative estimate of drug-likeness (QED) is 0.605. The van der Waals surface area contributed by atoms with Gasteiger partial charge in [0.2, 0.25) is 0 Å². The van der Waals surface area contributed by atoms with Crippen LogP contribution in [0.4, 0.5) is 10.5 Å². The van der Waals surface area contributed by atoms with Crippen molar-refractivity contribution >= 4 is 22.8 Å². The number of carbonyl (C=O) groups is 1. The number of hydrogen-bond donors (Lipinski definition) is 1. The topological polar surface area (TPSA) is 76.5 Å². The van der Waals surface area contributed by atoms with Gasteiger partial charge in [0.25, 0.3) is 0 Å². The van der Waals surface area contributed by atoms with E-state index in [2.05, 4.69) is 31.3 Å². The Balaban J connectivity index is 2.19. The van der Waals surface area contributed by atoms with Crippen LogP contribution in [0.25, 0.3) is 0 Å². The lowest BCUT2D eigenvalue weighted by Crippen LogP contribution is -2.40. The molecule has 0 bridgehead atoms. The van der Waals surface area contributed by atoms with Gasteiger partial charge in [-0.05, 0) is 58.2 Å². The highest BCUT2D eigenvalue weighted by molar-refractivity contribution is 7.85. The number of nitrogens with one attached hydrogen (secondary N) is 1. The van der Waals surface area contributed by atoms with E-state index in [9.17, 15) is 9.00 Å². The first-order chi connectivity index (χ1) is 14.9. The van der Waals surface area contributed by atoms with E-state index >= 15 is 0 Å². The number of anilines is 1. The molecule has 8 heteroatoms. The van der Waals surface area contributed by atoms with E-state index in [1.54, 1.807) is 10.6 Å². The molecule has 1 aromatic heterocycles. The molecule has 0 aliphatic rings. The van der Waals surface area contributed by atoms with Crippen molar-refractivity contribution in [1.82, 2.24) is 15.1 Å². The van der Waals surface area contributed by atoms with E-state index in [1.807, 2.05) is 51.6 Å². The third-order valence-electron chi connectivity index (χ3n) is 5.20. The van der Waals surface area contributed by atoms with Crippen LogP contribution >= 0.6 is 0 Å². The van der Waals surface area contributed by atoms with Crippen LogP contribution in [-0.2, 0) is 41.5 Å². The summed E-state index contributed by atoms with van der Waals surface area (Å²) < 4.78 is 20.8. The summed E-state index contributed by atoms with van der Waals surface area (Å²) in [6.45, 7) is 12.4. The van der Waals surface area contributed by atoms with Gasteiger partial charge in [-0.3, -0.25) is 8.99 Å². The lowest BCUT2D eigenvalue weighted by atomic mass is 10.00. The Bertz CT molecular complexity index is 932. The molecule has 0 aliphatic carbocycles. The van der Waals surface area contributed by atoms with Gasteiger partial charge in [0.15, 0.2) is 0 Å². The van der Waals surface area contributed by atoms with Gasteiger partial charge in [0.1, 0.15) is 16.6 Å². The average molecular weight is 463 g/mol. The molecule has 32 heavy (non-hydrogen) atoms. The molecule has 1 aromatic carbocycles. The number of aromatic nitrogens is 2. The van der Waals surface area contributed by atoms with Gasteiger partial charge in [-0.2, -0.15) is 5.10 Å². The van der Waals surface area contributed by atoms with Crippen LogP contribution in [0.3, 0.4) is 0 Å². The zero-order chi connectivity index (χ0) is 24.1. The smallest absolute Gasteiger partial charge is 0.407 e. The summed E-state index contributed by atoms with van der Waals surface area (Å²) in [5.41, 5.74) is 5.12. The number of hydrogen-bond acceptors (Lipinski definition) is 4. The molecule has 0 radical (unpaired) electrons. The van der Waals surface area contributed by atoms with Gasteiger partial charge in [-0.1, -0.05) is 26.0 Å². The van der Waals surface area contributed by atoms with Crippen molar-refractivity contribution in [3.8, 4) is 0 Å². The fraction of sp³-hybridized carbons (Fsp3) is 0.583. The van der Waals surface area contributed by atoms with Crippen molar-refractivity contribution in [2.75, 3.05) is 17.6 Å². The molecule has 0 aliphatic heterocycles. The molecule has 0 saturated carbocycles. The molecule has 2 rings (SSSR count). The second-order valence-corrected chi connectivity index (χ2v) is 10.5. The standard InChI is InChI=1S/C24H38N4O3S/c1-9-21-20(15-18-11-13-19(14-12-18)27(7)32(8)30)22(10-2)28(26-21)16-17(3)25-23(29)31-24(4,5)6/h11-14,17H,9-10,15-16H2,1-8H3,(H,25,29)/t17-,32?/m0/s1. The van der Waals surface area contributed by atoms with E-state index in [0.717, 1.165) is 30.6 Å². The van der Waals surface area contributed by atoms with Crippen LogP contribution in [0, 0.1) is 0 Å². The maximum absolute atomic E-state index is 12.1. The maximum Gasteiger partial charge on any atom is 0.407 e. The van der Waals surface area contributed by atoms with Gasteiger partial charge in [0, 0.05) is 42.7 Å². The fourth-order valence-corrected chi connectivity index (χ4v) is 4.03. The normalized spacial score (nSPS) is 13.5. The molecule has 1 N–H and O–H groups in total. The number of ether oxygens (including phenoxy) is 1. The Morgan fingerprint density at radius 3 is 2.34 bits per heavy atom. The number of alkyl carbamates (subject to hydrolysis) is 1. The van der Waals surface area contributed by atoms with Crippen molar-refractivity contribution in [2.24, 2.45) is 0 Å². The minimum absolute atomic E-state index is 0.114. The third-order valence-corrected chi connectivity index (χ3v) is 6.18. The highest BCUT2D eigenvalue weighted by atomic mass is 32.2. The van der Waals surface area contributed by atoms with Crippen LogP contribution in [0.5, 0.6) is 0 Å². The van der Waals surface area contributed by atoms with E-state index < -0.39 is 22.7 Å². The Morgan fingerprint density at radius 2 is 1.84 bits per heavy atom. The molecule has 7 nitrogen and oxygen atoms in total. The van der Waals surface area contributed by atoms with Gasteiger partial charge in [-0.15, -0.1) is 0 Å².